The highest BCUT2D eigenvalue weighted by Crippen LogP contribution is 2.55. The molecule has 2 aliphatic carbocycles. The molecule has 0 unspecified atom stereocenters. The highest BCUT2D eigenvalue weighted by molar-refractivity contribution is 6.32. The zero-order valence-electron chi connectivity index (χ0n) is 24.1. The molecule has 2 aromatic carbocycles. The zero-order chi connectivity index (χ0) is 29.0. The van der Waals surface area contributed by atoms with Crippen molar-refractivity contribution >= 4 is 23.2 Å². The Morgan fingerprint density at radius 2 is 1.48 bits per heavy atom. The van der Waals surface area contributed by atoms with Gasteiger partial charge in [0.25, 0.3) is 0 Å². The van der Waals surface area contributed by atoms with Crippen LogP contribution in [0.1, 0.15) is 77.3 Å². The molecule has 7 heteroatoms. The average molecular weight is 566 g/mol. The van der Waals surface area contributed by atoms with Crippen LogP contribution in [0, 0.1) is 16.6 Å². The van der Waals surface area contributed by atoms with Gasteiger partial charge < -0.3 is 14.4 Å². The standard InChI is InChI=1S/C33H37ClFNO4/c1-7-36-23-14-32(2,3)16-25(37)29(23)28(30-24(36)15-33(4,5)17-26(30)38)20-12-22(34)31(27(13-20)39-6)40-18-19-8-10-21(35)11-9-19/h8-13,28H,7,14-18H2,1-6H3. The van der Waals surface area contributed by atoms with Crippen molar-refractivity contribution in [1.82, 2.24) is 4.90 Å². The summed E-state index contributed by atoms with van der Waals surface area (Å²) in [5.41, 5.74) is 4.62. The third-order valence-corrected chi connectivity index (χ3v) is 8.50. The highest BCUT2D eigenvalue weighted by atomic mass is 35.5. The van der Waals surface area contributed by atoms with Gasteiger partial charge in [0, 0.05) is 47.8 Å². The lowest BCUT2D eigenvalue weighted by atomic mass is 9.63. The Morgan fingerprint density at radius 3 is 1.98 bits per heavy atom. The SMILES string of the molecule is CCN1C2=C(C(=O)CC(C)(C)C2)C(c2cc(Cl)c(OCc3ccc(F)cc3)c(OC)c2)C2=C1CC(C)(C)CC2=O. The molecule has 0 bridgehead atoms. The van der Waals surface area contributed by atoms with Crippen LogP contribution < -0.4 is 9.47 Å². The van der Waals surface area contributed by atoms with E-state index in [1.165, 1.54) is 19.2 Å². The molecule has 0 saturated heterocycles. The van der Waals surface area contributed by atoms with Gasteiger partial charge >= 0.3 is 0 Å². The van der Waals surface area contributed by atoms with Crippen molar-refractivity contribution in [2.45, 2.75) is 72.8 Å². The lowest BCUT2D eigenvalue weighted by Gasteiger charge is -2.49. The lowest BCUT2D eigenvalue weighted by molar-refractivity contribution is -0.119. The van der Waals surface area contributed by atoms with E-state index >= 15 is 0 Å². The molecule has 40 heavy (non-hydrogen) atoms. The van der Waals surface area contributed by atoms with E-state index in [0.29, 0.717) is 47.1 Å². The van der Waals surface area contributed by atoms with Crippen molar-refractivity contribution < 1.29 is 23.5 Å². The van der Waals surface area contributed by atoms with Crippen molar-refractivity contribution in [3.8, 4) is 11.5 Å². The summed E-state index contributed by atoms with van der Waals surface area (Å²) in [4.78, 5) is 29.9. The Labute approximate surface area is 241 Å². The highest BCUT2D eigenvalue weighted by Gasteiger charge is 2.48. The second kappa shape index (κ2) is 10.4. The molecule has 0 spiro atoms. The van der Waals surface area contributed by atoms with Crippen molar-refractivity contribution in [3.05, 3.63) is 80.9 Å². The molecule has 0 N–H and O–H groups in total. The number of carbonyl (C=O) groups excluding carboxylic acids is 2. The van der Waals surface area contributed by atoms with Crippen LogP contribution in [0.15, 0.2) is 58.9 Å². The van der Waals surface area contributed by atoms with Crippen molar-refractivity contribution in [2.75, 3.05) is 13.7 Å². The monoisotopic (exact) mass is 565 g/mol. The number of hydrogen-bond donors (Lipinski definition) is 0. The van der Waals surface area contributed by atoms with Crippen LogP contribution in [0.3, 0.4) is 0 Å². The summed E-state index contributed by atoms with van der Waals surface area (Å²) in [6.07, 6.45) is 2.36. The van der Waals surface area contributed by atoms with Gasteiger partial charge in [-0.15, -0.1) is 0 Å². The quantitative estimate of drug-likeness (QED) is 0.358. The maximum atomic E-state index is 13.9. The number of Topliss-reactive ketones (excluding diaryl/α,β-unsaturated/α-hetero) is 2. The molecule has 0 fully saturated rings. The summed E-state index contributed by atoms with van der Waals surface area (Å²) in [6, 6.07) is 9.70. The van der Waals surface area contributed by atoms with Gasteiger partial charge in [-0.05, 0) is 66.0 Å². The van der Waals surface area contributed by atoms with Gasteiger partial charge in [0.2, 0.25) is 0 Å². The first-order valence-corrected chi connectivity index (χ1v) is 14.3. The summed E-state index contributed by atoms with van der Waals surface area (Å²) in [7, 11) is 1.54. The minimum Gasteiger partial charge on any atom is -0.493 e. The summed E-state index contributed by atoms with van der Waals surface area (Å²) < 4.78 is 25.1. The molecule has 212 valence electrons. The van der Waals surface area contributed by atoms with Crippen molar-refractivity contribution in [2.24, 2.45) is 10.8 Å². The van der Waals surface area contributed by atoms with Gasteiger partial charge in [0.05, 0.1) is 12.1 Å². The topological polar surface area (TPSA) is 55.8 Å². The number of ether oxygens (including phenoxy) is 2. The fraction of sp³-hybridized carbons (Fsp3) is 0.455. The van der Waals surface area contributed by atoms with Gasteiger partial charge in [0.1, 0.15) is 12.4 Å². The second-order valence-electron chi connectivity index (χ2n) is 12.7. The van der Waals surface area contributed by atoms with Gasteiger partial charge in [-0.3, -0.25) is 9.59 Å². The van der Waals surface area contributed by atoms with E-state index in [1.54, 1.807) is 18.2 Å². The molecule has 1 heterocycles. The van der Waals surface area contributed by atoms with Crippen LogP contribution in [0.4, 0.5) is 4.39 Å². The van der Waals surface area contributed by atoms with Crippen molar-refractivity contribution in [3.63, 3.8) is 0 Å². The first kappa shape index (κ1) is 28.4. The first-order chi connectivity index (χ1) is 18.8. The molecule has 0 amide bonds. The summed E-state index contributed by atoms with van der Waals surface area (Å²) in [6.45, 7) is 11.5. The Balaban J connectivity index is 1.64. The van der Waals surface area contributed by atoms with E-state index in [0.717, 1.165) is 35.4 Å². The summed E-state index contributed by atoms with van der Waals surface area (Å²) >= 11 is 6.82. The predicted molar refractivity (Wildman–Crippen MR) is 154 cm³/mol. The Morgan fingerprint density at radius 1 is 0.925 bits per heavy atom. The molecule has 3 aliphatic rings. The molecule has 0 aromatic heterocycles. The number of halogens is 2. The van der Waals surface area contributed by atoms with Crippen LogP contribution in [-0.2, 0) is 16.2 Å². The largest absolute Gasteiger partial charge is 0.493 e. The maximum absolute atomic E-state index is 13.9. The van der Waals surface area contributed by atoms with E-state index < -0.39 is 5.92 Å². The number of rotatable bonds is 6. The van der Waals surface area contributed by atoms with E-state index in [2.05, 4.69) is 39.5 Å². The van der Waals surface area contributed by atoms with Crippen LogP contribution in [-0.4, -0.2) is 30.1 Å². The van der Waals surface area contributed by atoms with Gasteiger partial charge in [-0.1, -0.05) is 51.4 Å². The smallest absolute Gasteiger partial charge is 0.180 e. The average Bonchev–Trinajstić information content (AvgIpc) is 2.86. The first-order valence-electron chi connectivity index (χ1n) is 13.9. The third-order valence-electron chi connectivity index (χ3n) is 8.22. The minimum atomic E-state index is -0.516. The predicted octanol–water partition coefficient (Wildman–Crippen LogP) is 7.77. The van der Waals surface area contributed by atoms with E-state index in [4.69, 9.17) is 21.1 Å². The summed E-state index contributed by atoms with van der Waals surface area (Å²) in [5, 5.41) is 0.325. The Kier molecular flexibility index (Phi) is 7.37. The molecule has 0 radical (unpaired) electrons. The summed E-state index contributed by atoms with van der Waals surface area (Å²) in [5.74, 6) is 0.0908. The third kappa shape index (κ3) is 5.18. The Hall–Kier alpha value is -3.12. The fourth-order valence-corrected chi connectivity index (χ4v) is 6.82. The number of benzene rings is 2. The number of nitrogens with zero attached hydrogens (tertiary/aromatic N) is 1. The molecular formula is C33H37ClFNO4. The lowest BCUT2D eigenvalue weighted by Crippen LogP contribution is -2.44. The minimum absolute atomic E-state index is 0.0746. The van der Waals surface area contributed by atoms with Gasteiger partial charge in [0.15, 0.2) is 23.1 Å². The normalized spacial score (nSPS) is 20.4. The Bertz CT molecular complexity index is 1380. The van der Waals surface area contributed by atoms with Crippen LogP contribution in [0.2, 0.25) is 5.02 Å². The molecular weight excluding hydrogens is 529 g/mol. The van der Waals surface area contributed by atoms with Crippen molar-refractivity contribution in [1.29, 1.82) is 0 Å². The van der Waals surface area contributed by atoms with Gasteiger partial charge in [-0.2, -0.15) is 0 Å². The number of carbonyl (C=O) groups is 2. The van der Waals surface area contributed by atoms with Crippen LogP contribution >= 0.6 is 11.6 Å². The van der Waals surface area contributed by atoms with Crippen LogP contribution in [0.25, 0.3) is 0 Å². The second-order valence-corrected chi connectivity index (χ2v) is 13.1. The van der Waals surface area contributed by atoms with E-state index in [-0.39, 0.29) is 34.8 Å². The zero-order valence-corrected chi connectivity index (χ0v) is 24.9. The van der Waals surface area contributed by atoms with E-state index in [9.17, 15) is 14.0 Å². The number of allylic oxidation sites excluding steroid dienone is 4. The molecule has 1 aliphatic heterocycles. The van der Waals surface area contributed by atoms with Crippen LogP contribution in [0.5, 0.6) is 11.5 Å². The van der Waals surface area contributed by atoms with Gasteiger partial charge in [-0.25, -0.2) is 4.39 Å². The number of methoxy groups -OCH3 is 1. The maximum Gasteiger partial charge on any atom is 0.180 e. The molecule has 0 atom stereocenters. The molecule has 2 aromatic rings. The molecule has 5 nitrogen and oxygen atoms in total. The molecule has 5 rings (SSSR count). The number of hydrogen-bond acceptors (Lipinski definition) is 5. The van der Waals surface area contributed by atoms with E-state index in [1.807, 2.05) is 6.07 Å². The number of ketones is 2. The molecule has 0 saturated carbocycles. The fourth-order valence-electron chi connectivity index (χ4n) is 6.55.